The van der Waals surface area contributed by atoms with Gasteiger partial charge in [0.15, 0.2) is 11.5 Å². The molecule has 0 spiro atoms. The van der Waals surface area contributed by atoms with Gasteiger partial charge in [0.05, 0.1) is 7.11 Å². The van der Waals surface area contributed by atoms with Gasteiger partial charge < -0.3 is 19.5 Å². The first-order valence-corrected chi connectivity index (χ1v) is 9.83. The third kappa shape index (κ3) is 6.38. The first-order chi connectivity index (χ1) is 14.2. The van der Waals surface area contributed by atoms with Gasteiger partial charge in [-0.25, -0.2) is 4.98 Å². The summed E-state index contributed by atoms with van der Waals surface area (Å²) >= 11 is 6.46. The van der Waals surface area contributed by atoms with Gasteiger partial charge in [0, 0.05) is 36.4 Å². The fourth-order valence-corrected chi connectivity index (χ4v) is 3.05. The lowest BCUT2D eigenvalue weighted by Crippen LogP contribution is -2.21. The van der Waals surface area contributed by atoms with E-state index < -0.39 is 0 Å². The Kier molecular flexibility index (Phi) is 7.73. The standard InChI is InChI=1S/C23H25ClN2O3/c1-17-6-5-7-18(12-17)16-29-22-14-20(24)19(13-21(22)27-2)15-25-10-11-28-23-8-3-4-9-26-23/h3-9,12-14,25H,10-11,15-16H2,1-2H3. The van der Waals surface area contributed by atoms with Crippen LogP contribution in [0.4, 0.5) is 0 Å². The molecule has 0 amide bonds. The zero-order valence-corrected chi connectivity index (χ0v) is 17.4. The highest BCUT2D eigenvalue weighted by Gasteiger charge is 2.11. The second kappa shape index (κ2) is 10.7. The van der Waals surface area contributed by atoms with Crippen LogP contribution < -0.4 is 19.5 Å². The smallest absolute Gasteiger partial charge is 0.213 e. The number of ether oxygens (including phenoxy) is 3. The Balaban J connectivity index is 1.53. The zero-order valence-electron chi connectivity index (χ0n) is 16.7. The van der Waals surface area contributed by atoms with Crippen molar-refractivity contribution in [1.82, 2.24) is 10.3 Å². The van der Waals surface area contributed by atoms with Crippen LogP contribution in [0.1, 0.15) is 16.7 Å². The van der Waals surface area contributed by atoms with E-state index in [1.807, 2.05) is 36.4 Å². The van der Waals surface area contributed by atoms with E-state index in [0.717, 1.165) is 11.1 Å². The maximum atomic E-state index is 6.46. The maximum Gasteiger partial charge on any atom is 0.213 e. The second-order valence-electron chi connectivity index (χ2n) is 6.57. The molecule has 5 nitrogen and oxygen atoms in total. The van der Waals surface area contributed by atoms with E-state index in [4.69, 9.17) is 25.8 Å². The molecule has 0 saturated carbocycles. The molecule has 1 heterocycles. The lowest BCUT2D eigenvalue weighted by Gasteiger charge is -2.14. The van der Waals surface area contributed by atoms with Crippen LogP contribution >= 0.6 is 11.6 Å². The number of methoxy groups -OCH3 is 1. The number of benzene rings is 2. The van der Waals surface area contributed by atoms with Crippen LogP contribution in [0.3, 0.4) is 0 Å². The number of rotatable bonds is 10. The van der Waals surface area contributed by atoms with Crippen molar-refractivity contribution in [2.45, 2.75) is 20.1 Å². The number of pyridine rings is 1. The molecule has 0 aliphatic heterocycles. The molecule has 0 fully saturated rings. The van der Waals surface area contributed by atoms with Crippen LogP contribution in [0.15, 0.2) is 60.8 Å². The van der Waals surface area contributed by atoms with Crippen molar-refractivity contribution in [2.24, 2.45) is 0 Å². The summed E-state index contributed by atoms with van der Waals surface area (Å²) in [7, 11) is 1.63. The van der Waals surface area contributed by atoms with E-state index >= 15 is 0 Å². The molecule has 0 atom stereocenters. The first kappa shape index (κ1) is 21.0. The summed E-state index contributed by atoms with van der Waals surface area (Å²) in [4.78, 5) is 4.12. The average Bonchev–Trinajstić information content (AvgIpc) is 2.74. The van der Waals surface area contributed by atoms with E-state index in [1.54, 1.807) is 19.4 Å². The highest BCUT2D eigenvalue weighted by Crippen LogP contribution is 2.34. The Morgan fingerprint density at radius 1 is 1.00 bits per heavy atom. The number of halogens is 1. The summed E-state index contributed by atoms with van der Waals surface area (Å²) in [5, 5.41) is 3.94. The third-order valence-corrected chi connectivity index (χ3v) is 4.64. The molecule has 0 aliphatic rings. The molecule has 152 valence electrons. The Bertz CT molecular complexity index is 919. The van der Waals surface area contributed by atoms with Crippen LogP contribution in [-0.4, -0.2) is 25.2 Å². The highest BCUT2D eigenvalue weighted by molar-refractivity contribution is 6.31. The Labute approximate surface area is 176 Å². The molecule has 0 radical (unpaired) electrons. The van der Waals surface area contributed by atoms with Crippen LogP contribution in [0.5, 0.6) is 17.4 Å². The minimum absolute atomic E-state index is 0.455. The van der Waals surface area contributed by atoms with Gasteiger partial charge in [-0.2, -0.15) is 0 Å². The Morgan fingerprint density at radius 2 is 1.90 bits per heavy atom. The van der Waals surface area contributed by atoms with Crippen molar-refractivity contribution in [1.29, 1.82) is 0 Å². The van der Waals surface area contributed by atoms with Gasteiger partial charge in [-0.05, 0) is 30.2 Å². The van der Waals surface area contributed by atoms with Gasteiger partial charge in [-0.3, -0.25) is 0 Å². The molecule has 3 rings (SSSR count). The molecular formula is C23H25ClN2O3. The number of nitrogens with zero attached hydrogens (tertiary/aromatic N) is 1. The minimum atomic E-state index is 0.455. The monoisotopic (exact) mass is 412 g/mol. The summed E-state index contributed by atoms with van der Waals surface area (Å²) in [5.74, 6) is 1.90. The molecule has 0 unspecified atom stereocenters. The molecule has 1 aromatic heterocycles. The van der Waals surface area contributed by atoms with Gasteiger partial charge in [-0.15, -0.1) is 0 Å². The first-order valence-electron chi connectivity index (χ1n) is 9.45. The molecule has 0 aliphatic carbocycles. The second-order valence-corrected chi connectivity index (χ2v) is 6.97. The number of aromatic nitrogens is 1. The maximum absolute atomic E-state index is 6.46. The predicted octanol–water partition coefficient (Wildman–Crippen LogP) is 4.80. The number of hydrogen-bond donors (Lipinski definition) is 1. The van der Waals surface area contributed by atoms with E-state index in [0.29, 0.717) is 48.7 Å². The molecule has 0 saturated heterocycles. The summed E-state index contributed by atoms with van der Waals surface area (Å²) in [6.07, 6.45) is 1.71. The molecule has 6 heteroatoms. The number of aryl methyl sites for hydroxylation is 1. The van der Waals surface area contributed by atoms with Crippen molar-refractivity contribution >= 4 is 11.6 Å². The van der Waals surface area contributed by atoms with E-state index in [2.05, 4.69) is 29.4 Å². The van der Waals surface area contributed by atoms with E-state index in [1.165, 1.54) is 5.56 Å². The largest absolute Gasteiger partial charge is 0.493 e. The summed E-state index contributed by atoms with van der Waals surface area (Å²) in [6.45, 7) is 4.30. The quantitative estimate of drug-likeness (QED) is 0.485. The average molecular weight is 413 g/mol. The van der Waals surface area contributed by atoms with Crippen molar-refractivity contribution in [3.05, 3.63) is 82.5 Å². The topological polar surface area (TPSA) is 52.6 Å². The molecule has 1 N–H and O–H groups in total. The van der Waals surface area contributed by atoms with Gasteiger partial charge >= 0.3 is 0 Å². The molecule has 3 aromatic rings. The lowest BCUT2D eigenvalue weighted by atomic mass is 10.1. The molecular weight excluding hydrogens is 388 g/mol. The minimum Gasteiger partial charge on any atom is -0.493 e. The van der Waals surface area contributed by atoms with Crippen LogP contribution in [0, 0.1) is 6.92 Å². The van der Waals surface area contributed by atoms with Crippen molar-refractivity contribution in [3.63, 3.8) is 0 Å². The van der Waals surface area contributed by atoms with Crippen molar-refractivity contribution in [2.75, 3.05) is 20.3 Å². The summed E-state index contributed by atoms with van der Waals surface area (Å²) in [5.41, 5.74) is 3.23. The summed E-state index contributed by atoms with van der Waals surface area (Å²) in [6, 6.07) is 17.5. The van der Waals surface area contributed by atoms with Gasteiger partial charge in [-0.1, -0.05) is 47.5 Å². The normalized spacial score (nSPS) is 10.6. The molecule has 0 bridgehead atoms. The van der Waals surface area contributed by atoms with Gasteiger partial charge in [0.1, 0.15) is 13.2 Å². The van der Waals surface area contributed by atoms with Crippen LogP contribution in [0.25, 0.3) is 0 Å². The fraction of sp³-hybridized carbons (Fsp3) is 0.261. The Morgan fingerprint density at radius 3 is 2.66 bits per heavy atom. The fourth-order valence-electron chi connectivity index (χ4n) is 2.83. The highest BCUT2D eigenvalue weighted by atomic mass is 35.5. The van der Waals surface area contributed by atoms with E-state index in [-0.39, 0.29) is 0 Å². The zero-order chi connectivity index (χ0) is 20.5. The molecule has 2 aromatic carbocycles. The lowest BCUT2D eigenvalue weighted by molar-refractivity contribution is 0.284. The predicted molar refractivity (Wildman–Crippen MR) is 115 cm³/mol. The summed E-state index contributed by atoms with van der Waals surface area (Å²) < 4.78 is 17.0. The van der Waals surface area contributed by atoms with Crippen molar-refractivity contribution < 1.29 is 14.2 Å². The Hall–Kier alpha value is -2.76. The van der Waals surface area contributed by atoms with Crippen LogP contribution in [-0.2, 0) is 13.2 Å². The van der Waals surface area contributed by atoms with E-state index in [9.17, 15) is 0 Å². The molecule has 29 heavy (non-hydrogen) atoms. The van der Waals surface area contributed by atoms with Gasteiger partial charge in [0.2, 0.25) is 5.88 Å². The van der Waals surface area contributed by atoms with Gasteiger partial charge in [0.25, 0.3) is 0 Å². The third-order valence-electron chi connectivity index (χ3n) is 4.29. The van der Waals surface area contributed by atoms with Crippen molar-refractivity contribution in [3.8, 4) is 17.4 Å². The van der Waals surface area contributed by atoms with Crippen LogP contribution in [0.2, 0.25) is 5.02 Å². The number of hydrogen-bond acceptors (Lipinski definition) is 5. The SMILES string of the molecule is COc1cc(CNCCOc2ccccn2)c(Cl)cc1OCc1cccc(C)c1. The number of nitrogens with one attached hydrogen (secondary N) is 1.